The molecule has 4 nitrogen and oxygen atoms in total. The summed E-state index contributed by atoms with van der Waals surface area (Å²) in [6, 6.07) is 4.98. The second-order valence-electron chi connectivity index (χ2n) is 4.91. The molecule has 2 aromatic rings. The first-order valence-electron chi connectivity index (χ1n) is 6.45. The normalized spacial score (nSPS) is 11.6. The molecule has 0 saturated heterocycles. The minimum absolute atomic E-state index is 0.170. The summed E-state index contributed by atoms with van der Waals surface area (Å²) in [5, 5.41) is 6.52. The van der Waals surface area contributed by atoms with Gasteiger partial charge < -0.3 is 5.32 Å². The second-order valence-corrected chi connectivity index (χ2v) is 6.14. The number of halogens is 5. The van der Waals surface area contributed by atoms with Crippen molar-refractivity contribution in [3.8, 4) is 0 Å². The molecule has 0 fully saturated rings. The maximum absolute atomic E-state index is 12.8. The molecule has 1 amide bonds. The van der Waals surface area contributed by atoms with Crippen molar-refractivity contribution >= 4 is 39.1 Å². The predicted octanol–water partition coefficient (Wildman–Crippen LogP) is 4.57. The van der Waals surface area contributed by atoms with Gasteiger partial charge in [0.25, 0.3) is 0 Å². The van der Waals surface area contributed by atoms with E-state index in [1.165, 1.54) is 6.92 Å². The van der Waals surface area contributed by atoms with Gasteiger partial charge in [0.15, 0.2) is 5.69 Å². The smallest absolute Gasteiger partial charge is 0.324 e. The van der Waals surface area contributed by atoms with Gasteiger partial charge in [0.2, 0.25) is 5.91 Å². The molecule has 0 spiro atoms. The summed E-state index contributed by atoms with van der Waals surface area (Å²) in [5.41, 5.74) is 0.455. The molecular formula is C14H12BrClF3N3O. The van der Waals surface area contributed by atoms with Crippen molar-refractivity contribution < 1.29 is 18.0 Å². The summed E-state index contributed by atoms with van der Waals surface area (Å²) in [6.07, 6.45) is -4.59. The molecule has 2 rings (SSSR count). The first kappa shape index (κ1) is 17.8. The minimum atomic E-state index is -4.59. The van der Waals surface area contributed by atoms with Crippen LogP contribution < -0.4 is 5.32 Å². The van der Waals surface area contributed by atoms with Crippen LogP contribution in [0.15, 0.2) is 22.7 Å². The number of benzene rings is 1. The molecule has 9 heteroatoms. The molecule has 1 aromatic heterocycles. The molecule has 1 aromatic carbocycles. The van der Waals surface area contributed by atoms with Crippen molar-refractivity contribution in [2.45, 2.75) is 26.6 Å². The van der Waals surface area contributed by atoms with Gasteiger partial charge in [0.05, 0.1) is 10.2 Å². The van der Waals surface area contributed by atoms with Gasteiger partial charge in [-0.2, -0.15) is 18.3 Å². The molecule has 1 N–H and O–H groups in total. The fourth-order valence-corrected chi connectivity index (χ4v) is 2.59. The second kappa shape index (κ2) is 6.52. The van der Waals surface area contributed by atoms with E-state index in [9.17, 15) is 18.0 Å². The molecule has 124 valence electrons. The van der Waals surface area contributed by atoms with Crippen molar-refractivity contribution in [1.29, 1.82) is 0 Å². The van der Waals surface area contributed by atoms with Gasteiger partial charge in [-0.15, -0.1) is 0 Å². The van der Waals surface area contributed by atoms with Crippen LogP contribution in [0.5, 0.6) is 0 Å². The third kappa shape index (κ3) is 4.06. The number of amides is 1. The van der Waals surface area contributed by atoms with E-state index < -0.39 is 17.8 Å². The average molecular weight is 411 g/mol. The van der Waals surface area contributed by atoms with Crippen LogP contribution in [-0.2, 0) is 17.5 Å². The van der Waals surface area contributed by atoms with Crippen molar-refractivity contribution in [3.05, 3.63) is 44.6 Å². The van der Waals surface area contributed by atoms with E-state index in [1.807, 2.05) is 0 Å². The number of hydrogen-bond donors (Lipinski definition) is 1. The molecule has 0 aliphatic carbocycles. The molecule has 23 heavy (non-hydrogen) atoms. The Morgan fingerprint density at radius 1 is 1.39 bits per heavy atom. The lowest BCUT2D eigenvalue weighted by molar-refractivity contribution is -0.142. The van der Waals surface area contributed by atoms with Gasteiger partial charge in [-0.05, 0) is 47.5 Å². The van der Waals surface area contributed by atoms with Crippen molar-refractivity contribution in [3.63, 3.8) is 0 Å². The van der Waals surface area contributed by atoms with Crippen LogP contribution in [0.4, 0.5) is 18.9 Å². The summed E-state index contributed by atoms with van der Waals surface area (Å²) in [7, 11) is 0. The number of nitrogens with one attached hydrogen (secondary N) is 1. The number of hydrogen-bond acceptors (Lipinski definition) is 2. The Kier molecular flexibility index (Phi) is 5.05. The fraction of sp³-hybridized carbons (Fsp3) is 0.286. The molecule has 0 unspecified atom stereocenters. The molecule has 0 aliphatic rings. The lowest BCUT2D eigenvalue weighted by atomic mass is 10.2. The Morgan fingerprint density at radius 3 is 2.61 bits per heavy atom. The monoisotopic (exact) mass is 409 g/mol. The zero-order chi connectivity index (χ0) is 17.4. The Hall–Kier alpha value is -1.54. The van der Waals surface area contributed by atoms with Crippen molar-refractivity contribution in [2.75, 3.05) is 5.32 Å². The maximum atomic E-state index is 12.8. The summed E-state index contributed by atoms with van der Waals surface area (Å²) in [5.74, 6) is -0.498. The quantitative estimate of drug-likeness (QED) is 0.805. The third-order valence-corrected chi connectivity index (χ3v) is 4.35. The lowest BCUT2D eigenvalue weighted by Gasteiger charge is -2.09. The number of anilines is 1. The van der Waals surface area contributed by atoms with E-state index in [2.05, 4.69) is 26.3 Å². The predicted molar refractivity (Wildman–Crippen MR) is 84.5 cm³/mol. The fourth-order valence-electron chi connectivity index (χ4n) is 1.91. The van der Waals surface area contributed by atoms with Crippen LogP contribution in [0.2, 0.25) is 5.02 Å². The van der Waals surface area contributed by atoms with Crippen LogP contribution in [-0.4, -0.2) is 15.7 Å². The van der Waals surface area contributed by atoms with Gasteiger partial charge in [0.1, 0.15) is 6.54 Å². The highest BCUT2D eigenvalue weighted by atomic mass is 79.9. The van der Waals surface area contributed by atoms with Gasteiger partial charge in [-0.25, -0.2) is 0 Å². The SMILES string of the molecule is Cc1ccc(Cl)cc1NC(=O)Cn1nc(C(F)(F)F)c(Br)c1C. The highest BCUT2D eigenvalue weighted by Gasteiger charge is 2.38. The average Bonchev–Trinajstić information content (AvgIpc) is 2.71. The summed E-state index contributed by atoms with van der Waals surface area (Å²) >= 11 is 8.72. The van der Waals surface area contributed by atoms with Crippen LogP contribution in [0.25, 0.3) is 0 Å². The molecular weight excluding hydrogens is 399 g/mol. The van der Waals surface area contributed by atoms with Crippen molar-refractivity contribution in [2.24, 2.45) is 0 Å². The lowest BCUT2D eigenvalue weighted by Crippen LogP contribution is -2.21. The standard InChI is InChI=1S/C14H12BrClF3N3O/c1-7-3-4-9(16)5-10(7)20-11(23)6-22-8(2)12(15)13(21-22)14(17,18)19/h3-5H,6H2,1-2H3,(H,20,23). The Labute approximate surface area is 143 Å². The number of carbonyl (C=O) groups is 1. The third-order valence-electron chi connectivity index (χ3n) is 3.17. The minimum Gasteiger partial charge on any atom is -0.324 e. The first-order chi connectivity index (χ1) is 10.6. The Balaban J connectivity index is 2.19. The number of rotatable bonds is 3. The van der Waals surface area contributed by atoms with Crippen LogP contribution in [0, 0.1) is 13.8 Å². The largest absolute Gasteiger partial charge is 0.436 e. The zero-order valence-electron chi connectivity index (χ0n) is 12.1. The highest BCUT2D eigenvalue weighted by Crippen LogP contribution is 2.35. The number of aromatic nitrogens is 2. The molecule has 0 aliphatic heterocycles. The van der Waals surface area contributed by atoms with Gasteiger partial charge >= 0.3 is 6.18 Å². The Bertz CT molecular complexity index is 758. The van der Waals surface area contributed by atoms with Crippen LogP contribution in [0.1, 0.15) is 17.0 Å². The molecule has 0 bridgehead atoms. The topological polar surface area (TPSA) is 46.9 Å². The number of nitrogens with zero attached hydrogens (tertiary/aromatic N) is 2. The van der Waals surface area contributed by atoms with E-state index in [0.717, 1.165) is 10.2 Å². The van der Waals surface area contributed by atoms with Crippen LogP contribution in [0.3, 0.4) is 0 Å². The highest BCUT2D eigenvalue weighted by molar-refractivity contribution is 9.10. The summed E-state index contributed by atoms with van der Waals surface area (Å²) < 4.78 is 39.2. The zero-order valence-corrected chi connectivity index (χ0v) is 14.5. The summed E-state index contributed by atoms with van der Waals surface area (Å²) in [4.78, 5) is 12.1. The number of carbonyl (C=O) groups excluding carboxylic acids is 1. The maximum Gasteiger partial charge on any atom is 0.436 e. The molecule has 0 atom stereocenters. The number of alkyl halides is 3. The van der Waals surface area contributed by atoms with E-state index >= 15 is 0 Å². The summed E-state index contributed by atoms with van der Waals surface area (Å²) in [6.45, 7) is 2.89. The van der Waals surface area contributed by atoms with E-state index in [1.54, 1.807) is 25.1 Å². The van der Waals surface area contributed by atoms with E-state index in [-0.39, 0.29) is 16.7 Å². The molecule has 0 saturated carbocycles. The van der Waals surface area contributed by atoms with Gasteiger partial charge in [-0.1, -0.05) is 17.7 Å². The van der Waals surface area contributed by atoms with E-state index in [0.29, 0.717) is 10.7 Å². The van der Waals surface area contributed by atoms with E-state index in [4.69, 9.17) is 11.6 Å². The van der Waals surface area contributed by atoms with Gasteiger partial charge in [-0.3, -0.25) is 9.48 Å². The Morgan fingerprint density at radius 2 is 2.04 bits per heavy atom. The first-order valence-corrected chi connectivity index (χ1v) is 7.63. The van der Waals surface area contributed by atoms with Gasteiger partial charge in [0, 0.05) is 10.7 Å². The molecule has 1 heterocycles. The number of aryl methyl sites for hydroxylation is 1. The van der Waals surface area contributed by atoms with Crippen molar-refractivity contribution in [1.82, 2.24) is 9.78 Å². The van der Waals surface area contributed by atoms with Crippen LogP contribution >= 0.6 is 27.5 Å². The molecule has 0 radical (unpaired) electrons.